The first-order valence-electron chi connectivity index (χ1n) is 6.55. The highest BCUT2D eigenvalue weighted by Gasteiger charge is 2.27. The highest BCUT2D eigenvalue weighted by Crippen LogP contribution is 2.25. The van der Waals surface area contributed by atoms with Crippen molar-refractivity contribution in [3.05, 3.63) is 29.6 Å². The normalized spacial score (nSPS) is 14.2. The molecule has 0 saturated heterocycles. The van der Waals surface area contributed by atoms with E-state index in [0.29, 0.717) is 23.6 Å². The van der Waals surface area contributed by atoms with Gasteiger partial charge >= 0.3 is 0 Å². The Hall–Kier alpha value is -1.86. The van der Waals surface area contributed by atoms with E-state index in [4.69, 9.17) is 5.11 Å². The van der Waals surface area contributed by atoms with Gasteiger partial charge in [0.25, 0.3) is 5.91 Å². The maximum atomic E-state index is 12.4. The van der Waals surface area contributed by atoms with Gasteiger partial charge in [-0.3, -0.25) is 9.78 Å². The van der Waals surface area contributed by atoms with Crippen molar-refractivity contribution in [2.45, 2.75) is 31.7 Å². The molecule has 1 aliphatic carbocycles. The predicted octanol–water partition coefficient (Wildman–Crippen LogP) is 1.44. The van der Waals surface area contributed by atoms with Gasteiger partial charge in [-0.25, -0.2) is 0 Å². The number of hydrogen-bond donors (Lipinski definition) is 1. The first-order valence-corrected chi connectivity index (χ1v) is 6.55. The largest absolute Gasteiger partial charge is 0.395 e. The molecular weight excluding hydrogens is 240 g/mol. The highest BCUT2D eigenvalue weighted by molar-refractivity contribution is 5.96. The Balaban J connectivity index is 2.19. The molecule has 1 saturated carbocycles. The third-order valence-corrected chi connectivity index (χ3v) is 3.45. The lowest BCUT2D eigenvalue weighted by molar-refractivity contribution is 0.0651. The third kappa shape index (κ3) is 3.12. The predicted molar refractivity (Wildman–Crippen MR) is 72.6 cm³/mol. The maximum Gasteiger partial charge on any atom is 0.255 e. The molecule has 100 valence electrons. The summed E-state index contributed by atoms with van der Waals surface area (Å²) < 4.78 is 0. The number of aliphatic hydroxyl groups is 1. The second-order valence-electron chi connectivity index (χ2n) is 4.70. The standard InChI is InChI=1S/C15H18N2O2/c1-17(13-6-4-7-13)15(19)14-8-9-16-11-12(14)5-2-3-10-18/h8-9,11,13,18H,3-4,6-7,10H2,1H3. The first-order chi connectivity index (χ1) is 9.24. The van der Waals surface area contributed by atoms with Crippen molar-refractivity contribution in [2.75, 3.05) is 13.7 Å². The molecule has 1 amide bonds. The minimum Gasteiger partial charge on any atom is -0.395 e. The zero-order chi connectivity index (χ0) is 13.7. The van der Waals surface area contributed by atoms with Gasteiger partial charge in [0.15, 0.2) is 0 Å². The van der Waals surface area contributed by atoms with Crippen molar-refractivity contribution < 1.29 is 9.90 Å². The average molecular weight is 258 g/mol. The molecule has 19 heavy (non-hydrogen) atoms. The van der Waals surface area contributed by atoms with Crippen molar-refractivity contribution in [1.29, 1.82) is 0 Å². The van der Waals surface area contributed by atoms with E-state index < -0.39 is 0 Å². The van der Waals surface area contributed by atoms with Crippen molar-refractivity contribution >= 4 is 5.91 Å². The Kier molecular flexibility index (Phi) is 4.53. The van der Waals surface area contributed by atoms with Crippen LogP contribution in [0.5, 0.6) is 0 Å². The molecule has 0 aromatic carbocycles. The summed E-state index contributed by atoms with van der Waals surface area (Å²) in [6.45, 7) is 0.0263. The summed E-state index contributed by atoms with van der Waals surface area (Å²) in [5.41, 5.74) is 1.22. The van der Waals surface area contributed by atoms with E-state index in [0.717, 1.165) is 12.8 Å². The molecule has 1 heterocycles. The molecule has 1 aromatic heterocycles. The van der Waals surface area contributed by atoms with Crippen LogP contribution in [-0.2, 0) is 0 Å². The summed E-state index contributed by atoms with van der Waals surface area (Å²) in [6, 6.07) is 2.07. The zero-order valence-corrected chi connectivity index (χ0v) is 11.1. The van der Waals surface area contributed by atoms with Crippen molar-refractivity contribution in [3.8, 4) is 11.8 Å². The van der Waals surface area contributed by atoms with E-state index in [-0.39, 0.29) is 12.5 Å². The number of aliphatic hydroxyl groups excluding tert-OH is 1. The second-order valence-corrected chi connectivity index (χ2v) is 4.70. The van der Waals surface area contributed by atoms with Crippen LogP contribution in [0, 0.1) is 11.8 Å². The summed E-state index contributed by atoms with van der Waals surface area (Å²) in [5.74, 6) is 5.74. The third-order valence-electron chi connectivity index (χ3n) is 3.45. The molecule has 1 fully saturated rings. The second kappa shape index (κ2) is 6.35. The number of hydrogen-bond acceptors (Lipinski definition) is 3. The Morgan fingerprint density at radius 1 is 1.58 bits per heavy atom. The molecular formula is C15H18N2O2. The number of amides is 1. The van der Waals surface area contributed by atoms with E-state index in [1.54, 1.807) is 23.4 Å². The molecule has 1 aromatic rings. The smallest absolute Gasteiger partial charge is 0.255 e. The lowest BCUT2D eigenvalue weighted by Crippen LogP contribution is -2.41. The number of rotatable bonds is 3. The van der Waals surface area contributed by atoms with Crippen LogP contribution >= 0.6 is 0 Å². The van der Waals surface area contributed by atoms with Gasteiger partial charge in [0.2, 0.25) is 0 Å². The van der Waals surface area contributed by atoms with Crippen LogP contribution in [0.1, 0.15) is 41.6 Å². The molecule has 4 nitrogen and oxygen atoms in total. The van der Waals surface area contributed by atoms with Crippen LogP contribution in [-0.4, -0.2) is 40.6 Å². The van der Waals surface area contributed by atoms with Crippen molar-refractivity contribution in [2.24, 2.45) is 0 Å². The number of carbonyl (C=O) groups is 1. The van der Waals surface area contributed by atoms with E-state index in [2.05, 4.69) is 16.8 Å². The molecule has 0 radical (unpaired) electrons. The lowest BCUT2D eigenvalue weighted by atomic mass is 9.91. The molecule has 1 aliphatic rings. The van der Waals surface area contributed by atoms with Crippen LogP contribution in [0.15, 0.2) is 18.5 Å². The van der Waals surface area contributed by atoms with Gasteiger partial charge in [0, 0.05) is 31.9 Å². The number of nitrogens with zero attached hydrogens (tertiary/aromatic N) is 2. The summed E-state index contributed by atoms with van der Waals surface area (Å²) >= 11 is 0. The van der Waals surface area contributed by atoms with Crippen molar-refractivity contribution in [1.82, 2.24) is 9.88 Å². The van der Waals surface area contributed by atoms with Crippen LogP contribution < -0.4 is 0 Å². The van der Waals surface area contributed by atoms with Gasteiger partial charge in [-0.1, -0.05) is 11.8 Å². The Labute approximate surface area is 113 Å². The molecule has 4 heteroatoms. The number of pyridine rings is 1. The summed E-state index contributed by atoms with van der Waals surface area (Å²) in [7, 11) is 1.84. The fraction of sp³-hybridized carbons (Fsp3) is 0.467. The van der Waals surface area contributed by atoms with E-state index in [1.807, 2.05) is 7.05 Å². The van der Waals surface area contributed by atoms with Crippen LogP contribution in [0.4, 0.5) is 0 Å². The molecule has 0 unspecified atom stereocenters. The van der Waals surface area contributed by atoms with Gasteiger partial charge in [0.1, 0.15) is 0 Å². The SMILES string of the molecule is CN(C(=O)c1ccncc1C#CCCO)C1CCC1. The number of carbonyl (C=O) groups excluding carboxylic acids is 1. The molecule has 2 rings (SSSR count). The first kappa shape index (κ1) is 13.6. The Morgan fingerprint density at radius 3 is 3.00 bits per heavy atom. The fourth-order valence-corrected chi connectivity index (χ4v) is 2.02. The summed E-state index contributed by atoms with van der Waals surface area (Å²) in [4.78, 5) is 18.2. The topological polar surface area (TPSA) is 53.4 Å². The average Bonchev–Trinajstić information content (AvgIpc) is 2.37. The van der Waals surface area contributed by atoms with Crippen LogP contribution in [0.2, 0.25) is 0 Å². The molecule has 0 spiro atoms. The monoisotopic (exact) mass is 258 g/mol. The van der Waals surface area contributed by atoms with Gasteiger partial charge in [-0.15, -0.1) is 0 Å². The quantitative estimate of drug-likeness (QED) is 0.835. The molecule has 0 atom stereocenters. The summed E-state index contributed by atoms with van der Waals surface area (Å²) in [6.07, 6.45) is 6.98. The van der Waals surface area contributed by atoms with Crippen molar-refractivity contribution in [3.63, 3.8) is 0 Å². The van der Waals surface area contributed by atoms with Gasteiger partial charge < -0.3 is 10.0 Å². The Bertz CT molecular complexity index is 512. The minimum absolute atomic E-state index is 0.000369. The molecule has 1 N–H and O–H groups in total. The highest BCUT2D eigenvalue weighted by atomic mass is 16.2. The molecule has 0 bridgehead atoms. The van der Waals surface area contributed by atoms with Gasteiger partial charge in [-0.05, 0) is 25.3 Å². The zero-order valence-electron chi connectivity index (χ0n) is 11.1. The fourth-order valence-electron chi connectivity index (χ4n) is 2.02. The minimum atomic E-state index is 0.000369. The summed E-state index contributed by atoms with van der Waals surface area (Å²) in [5, 5.41) is 8.73. The van der Waals surface area contributed by atoms with Crippen LogP contribution in [0.3, 0.4) is 0 Å². The maximum absolute atomic E-state index is 12.4. The Morgan fingerprint density at radius 2 is 2.37 bits per heavy atom. The van der Waals surface area contributed by atoms with Gasteiger partial charge in [-0.2, -0.15) is 0 Å². The number of aromatic nitrogens is 1. The lowest BCUT2D eigenvalue weighted by Gasteiger charge is -2.34. The van der Waals surface area contributed by atoms with E-state index >= 15 is 0 Å². The van der Waals surface area contributed by atoms with Crippen LogP contribution in [0.25, 0.3) is 0 Å². The van der Waals surface area contributed by atoms with Gasteiger partial charge in [0.05, 0.1) is 17.7 Å². The van der Waals surface area contributed by atoms with E-state index in [9.17, 15) is 4.79 Å². The molecule has 0 aliphatic heterocycles. The van der Waals surface area contributed by atoms with E-state index in [1.165, 1.54) is 6.42 Å².